The Hall–Kier alpha value is -2.42. The van der Waals surface area contributed by atoms with Crippen molar-refractivity contribution in [2.24, 2.45) is 0 Å². The molecule has 3 nitrogen and oxygen atoms in total. The predicted octanol–water partition coefficient (Wildman–Crippen LogP) is 3.68. The fraction of sp³-hybridized carbons (Fsp3) is 0.125. The first-order valence-corrected chi connectivity index (χ1v) is 6.29. The van der Waals surface area contributed by atoms with Crippen LogP contribution in [0, 0.1) is 13.8 Å². The van der Waals surface area contributed by atoms with Crippen LogP contribution in [-0.4, -0.2) is 15.0 Å². The molecular weight excluding hydrogens is 234 g/mol. The molecule has 0 saturated heterocycles. The lowest BCUT2D eigenvalue weighted by atomic mass is 10.1. The van der Waals surface area contributed by atoms with Crippen LogP contribution >= 0.6 is 0 Å². The van der Waals surface area contributed by atoms with Crippen molar-refractivity contribution >= 4 is 23.3 Å². The van der Waals surface area contributed by atoms with E-state index in [0.29, 0.717) is 0 Å². The van der Waals surface area contributed by atoms with E-state index in [1.165, 1.54) is 11.1 Å². The highest BCUT2D eigenvalue weighted by Gasteiger charge is 2.03. The van der Waals surface area contributed by atoms with Gasteiger partial charge in [0, 0.05) is 0 Å². The number of aryl methyl sites for hydroxylation is 2. The fourth-order valence-electron chi connectivity index (χ4n) is 1.97. The van der Waals surface area contributed by atoms with Crippen molar-refractivity contribution in [2.45, 2.75) is 13.8 Å². The lowest BCUT2D eigenvalue weighted by molar-refractivity contribution is 0.814. The van der Waals surface area contributed by atoms with Gasteiger partial charge >= 0.3 is 0 Å². The Balaban J connectivity index is 1.96. The Morgan fingerprint density at radius 3 is 2.05 bits per heavy atom. The summed E-state index contributed by atoms with van der Waals surface area (Å²) in [6.45, 7) is 4.18. The smallest absolute Gasteiger partial charge is 0.113 e. The Bertz CT molecular complexity index is 700. The number of hydrogen-bond donors (Lipinski definition) is 0. The Labute approximate surface area is 112 Å². The maximum atomic E-state index is 4.45. The molecule has 3 rings (SSSR count). The van der Waals surface area contributed by atoms with Crippen LogP contribution in [0.1, 0.15) is 16.7 Å². The quantitative estimate of drug-likeness (QED) is 0.693. The molecule has 1 aromatic heterocycles. The van der Waals surface area contributed by atoms with Gasteiger partial charge in [-0.15, -0.1) is 10.2 Å². The molecule has 1 heterocycles. The van der Waals surface area contributed by atoms with Crippen molar-refractivity contribution in [3.8, 4) is 0 Å². The van der Waals surface area contributed by atoms with Gasteiger partial charge in [0.1, 0.15) is 11.0 Å². The molecule has 0 fully saturated rings. The third kappa shape index (κ3) is 2.40. The fourth-order valence-corrected chi connectivity index (χ4v) is 1.97. The summed E-state index contributed by atoms with van der Waals surface area (Å²) in [5.74, 6) is 0. The second-order valence-corrected chi connectivity index (χ2v) is 4.67. The third-order valence-corrected chi connectivity index (χ3v) is 3.21. The minimum absolute atomic E-state index is 0.931. The minimum Gasteiger partial charge on any atom is -0.158 e. The van der Waals surface area contributed by atoms with Crippen molar-refractivity contribution in [3.05, 3.63) is 59.2 Å². The van der Waals surface area contributed by atoms with Gasteiger partial charge < -0.3 is 0 Å². The second-order valence-electron chi connectivity index (χ2n) is 4.67. The van der Waals surface area contributed by atoms with Gasteiger partial charge in [0.25, 0.3) is 0 Å². The Morgan fingerprint density at radius 1 is 0.895 bits per heavy atom. The zero-order valence-electron chi connectivity index (χ0n) is 11.0. The zero-order chi connectivity index (χ0) is 13.2. The summed E-state index contributed by atoms with van der Waals surface area (Å²) >= 11 is 0. The first kappa shape index (κ1) is 11.7. The Morgan fingerprint density at radius 2 is 1.47 bits per heavy atom. The van der Waals surface area contributed by atoms with Crippen LogP contribution in [0.25, 0.3) is 23.3 Å². The van der Waals surface area contributed by atoms with E-state index < -0.39 is 0 Å². The molecule has 2 aromatic carbocycles. The van der Waals surface area contributed by atoms with Crippen molar-refractivity contribution in [1.29, 1.82) is 0 Å². The standard InChI is InChI=1S/C16H15N3/c1-12-10-15-16(11-13(12)2)18-19(17-15)9-8-14-6-4-3-5-7-14/h3-11H,1-2H3/b9-8+. The Kier molecular flexibility index (Phi) is 2.88. The molecule has 0 saturated carbocycles. The van der Waals surface area contributed by atoms with E-state index >= 15 is 0 Å². The number of rotatable bonds is 2. The number of aromatic nitrogens is 3. The molecule has 0 spiro atoms. The van der Waals surface area contributed by atoms with Crippen molar-refractivity contribution in [1.82, 2.24) is 15.0 Å². The van der Waals surface area contributed by atoms with E-state index in [9.17, 15) is 0 Å². The lowest BCUT2D eigenvalue weighted by Crippen LogP contribution is -1.90. The maximum absolute atomic E-state index is 4.45. The highest BCUT2D eigenvalue weighted by molar-refractivity contribution is 5.76. The lowest BCUT2D eigenvalue weighted by Gasteiger charge is -1.95. The van der Waals surface area contributed by atoms with Crippen molar-refractivity contribution < 1.29 is 0 Å². The summed E-state index contributed by atoms with van der Waals surface area (Å²) in [4.78, 5) is 1.62. The van der Waals surface area contributed by atoms with Gasteiger partial charge in [0.05, 0.1) is 6.20 Å². The highest BCUT2D eigenvalue weighted by atomic mass is 15.5. The molecule has 0 unspecified atom stereocenters. The van der Waals surface area contributed by atoms with Gasteiger partial charge in [-0.2, -0.15) is 4.80 Å². The van der Waals surface area contributed by atoms with E-state index in [-0.39, 0.29) is 0 Å². The van der Waals surface area contributed by atoms with Gasteiger partial charge in [-0.25, -0.2) is 0 Å². The first-order chi connectivity index (χ1) is 9.22. The predicted molar refractivity (Wildman–Crippen MR) is 78.7 cm³/mol. The summed E-state index contributed by atoms with van der Waals surface area (Å²) in [6.07, 6.45) is 3.87. The summed E-state index contributed by atoms with van der Waals surface area (Å²) < 4.78 is 0. The van der Waals surface area contributed by atoms with Crippen LogP contribution in [0.5, 0.6) is 0 Å². The molecule has 0 bridgehead atoms. The van der Waals surface area contributed by atoms with E-state index in [1.807, 2.05) is 42.6 Å². The van der Waals surface area contributed by atoms with Crippen LogP contribution in [0.15, 0.2) is 42.5 Å². The average molecular weight is 249 g/mol. The van der Waals surface area contributed by atoms with Gasteiger partial charge in [0.2, 0.25) is 0 Å². The maximum Gasteiger partial charge on any atom is 0.113 e. The van der Waals surface area contributed by atoms with Crippen LogP contribution < -0.4 is 0 Å². The molecule has 0 N–H and O–H groups in total. The number of nitrogens with zero attached hydrogens (tertiary/aromatic N) is 3. The molecule has 3 heteroatoms. The molecular formula is C16H15N3. The number of hydrogen-bond acceptors (Lipinski definition) is 2. The van der Waals surface area contributed by atoms with Crippen LogP contribution in [0.3, 0.4) is 0 Å². The van der Waals surface area contributed by atoms with Crippen molar-refractivity contribution in [2.75, 3.05) is 0 Å². The molecule has 94 valence electrons. The summed E-state index contributed by atoms with van der Waals surface area (Å²) in [6, 6.07) is 14.3. The second kappa shape index (κ2) is 4.69. The number of fused-ring (bicyclic) bond motifs is 1. The summed E-state index contributed by atoms with van der Waals surface area (Å²) in [7, 11) is 0. The monoisotopic (exact) mass is 249 g/mol. The largest absolute Gasteiger partial charge is 0.158 e. The molecule has 0 amide bonds. The molecule has 0 aliphatic rings. The van der Waals surface area contributed by atoms with Gasteiger partial charge in [0.15, 0.2) is 0 Å². The van der Waals surface area contributed by atoms with Crippen LogP contribution in [-0.2, 0) is 0 Å². The van der Waals surface area contributed by atoms with Crippen LogP contribution in [0.4, 0.5) is 0 Å². The molecule has 0 atom stereocenters. The van der Waals surface area contributed by atoms with Gasteiger partial charge in [-0.1, -0.05) is 30.3 Å². The number of benzene rings is 2. The molecule has 0 aliphatic carbocycles. The van der Waals surface area contributed by atoms with Gasteiger partial charge in [-0.05, 0) is 48.7 Å². The van der Waals surface area contributed by atoms with Crippen LogP contribution in [0.2, 0.25) is 0 Å². The highest BCUT2D eigenvalue weighted by Crippen LogP contribution is 2.15. The normalized spacial score (nSPS) is 11.5. The van der Waals surface area contributed by atoms with E-state index in [2.05, 4.69) is 36.2 Å². The van der Waals surface area contributed by atoms with E-state index in [4.69, 9.17) is 0 Å². The summed E-state index contributed by atoms with van der Waals surface area (Å²) in [5.41, 5.74) is 5.48. The average Bonchev–Trinajstić information content (AvgIpc) is 2.80. The molecule has 0 aliphatic heterocycles. The van der Waals surface area contributed by atoms with Crippen molar-refractivity contribution in [3.63, 3.8) is 0 Å². The first-order valence-electron chi connectivity index (χ1n) is 6.29. The summed E-state index contributed by atoms with van der Waals surface area (Å²) in [5, 5.41) is 8.90. The minimum atomic E-state index is 0.931. The van der Waals surface area contributed by atoms with E-state index in [0.717, 1.165) is 16.6 Å². The molecule has 3 aromatic rings. The van der Waals surface area contributed by atoms with Gasteiger partial charge in [-0.3, -0.25) is 0 Å². The van der Waals surface area contributed by atoms with E-state index in [1.54, 1.807) is 4.80 Å². The SMILES string of the molecule is Cc1cc2nn(/C=C/c3ccccc3)nc2cc1C. The zero-order valence-corrected chi connectivity index (χ0v) is 11.0. The topological polar surface area (TPSA) is 30.7 Å². The molecule has 0 radical (unpaired) electrons. The third-order valence-electron chi connectivity index (χ3n) is 3.21. The molecule has 19 heavy (non-hydrogen) atoms.